The first kappa shape index (κ1) is 15.9. The molecule has 3 aromatic rings. The second-order valence-corrected chi connectivity index (χ2v) is 5.10. The smallest absolute Gasteiger partial charge is 0.406 e. The number of pyridine rings is 1. The highest BCUT2D eigenvalue weighted by molar-refractivity contribution is 6.05. The number of benzene rings is 1. The number of nitrogens with one attached hydrogen (secondary N) is 2. The molecule has 0 saturated carbocycles. The van der Waals surface area contributed by atoms with Crippen LogP contribution in [0.5, 0.6) is 5.75 Å². The van der Waals surface area contributed by atoms with E-state index in [4.69, 9.17) is 0 Å². The number of anilines is 1. The van der Waals surface area contributed by atoms with Crippen LogP contribution in [0.2, 0.25) is 0 Å². The molecule has 0 spiro atoms. The van der Waals surface area contributed by atoms with Gasteiger partial charge in [0.1, 0.15) is 17.3 Å². The summed E-state index contributed by atoms with van der Waals surface area (Å²) in [6, 6.07) is 10.5. The van der Waals surface area contributed by atoms with E-state index in [0.717, 1.165) is 5.69 Å². The average molecular weight is 335 g/mol. The zero-order valence-corrected chi connectivity index (χ0v) is 12.4. The number of carbonyl (C=O) groups excluding carboxylic acids is 1. The van der Waals surface area contributed by atoms with Crippen molar-refractivity contribution in [2.75, 3.05) is 5.32 Å². The molecule has 0 radical (unpaired) electrons. The maximum Gasteiger partial charge on any atom is 0.573 e. The average Bonchev–Trinajstić information content (AvgIpc) is 2.89. The zero-order chi connectivity index (χ0) is 17.3. The Kier molecular flexibility index (Phi) is 3.88. The van der Waals surface area contributed by atoms with Crippen LogP contribution in [-0.4, -0.2) is 22.2 Å². The molecular formula is C16H12F3N3O2. The summed E-state index contributed by atoms with van der Waals surface area (Å²) in [5, 5.41) is 3.21. The first-order chi connectivity index (χ1) is 11.3. The van der Waals surface area contributed by atoms with Crippen molar-refractivity contribution in [1.82, 2.24) is 9.97 Å². The van der Waals surface area contributed by atoms with Crippen LogP contribution in [0.4, 0.5) is 19.0 Å². The first-order valence-corrected chi connectivity index (χ1v) is 6.94. The fraction of sp³-hybridized carbons (Fsp3) is 0.125. The molecule has 3 rings (SSSR count). The molecule has 0 aliphatic rings. The molecule has 0 fully saturated rings. The molecule has 124 valence electrons. The number of carbonyl (C=O) groups is 1. The van der Waals surface area contributed by atoms with E-state index in [0.29, 0.717) is 16.7 Å². The number of rotatable bonds is 3. The van der Waals surface area contributed by atoms with Crippen molar-refractivity contribution < 1.29 is 22.7 Å². The highest BCUT2D eigenvalue weighted by Gasteiger charge is 2.31. The Morgan fingerprint density at radius 1 is 1.21 bits per heavy atom. The molecule has 0 atom stereocenters. The molecule has 5 nitrogen and oxygen atoms in total. The molecule has 0 saturated heterocycles. The molecule has 0 unspecified atom stereocenters. The first-order valence-electron chi connectivity index (χ1n) is 6.94. The van der Waals surface area contributed by atoms with Gasteiger partial charge in [0.2, 0.25) is 0 Å². The fourth-order valence-corrected chi connectivity index (χ4v) is 2.22. The minimum Gasteiger partial charge on any atom is -0.406 e. The van der Waals surface area contributed by atoms with Gasteiger partial charge in [0.15, 0.2) is 0 Å². The lowest BCUT2D eigenvalue weighted by Gasteiger charge is -2.08. The standard InChI is InChI=1S/C16H12F3N3O2/c1-9-3-2-4-14(20-9)22-15(23)13-7-10-5-6-11(8-12(10)21-13)24-16(17,18)19/h2-8,21H,1H3,(H,20,22,23). The predicted octanol–water partition coefficient (Wildman–Crippen LogP) is 4.02. The number of fused-ring (bicyclic) bond motifs is 1. The van der Waals surface area contributed by atoms with Gasteiger partial charge in [0.05, 0.1) is 0 Å². The van der Waals surface area contributed by atoms with E-state index in [-0.39, 0.29) is 11.4 Å². The van der Waals surface area contributed by atoms with Gasteiger partial charge in [-0.3, -0.25) is 4.79 Å². The third-order valence-electron chi connectivity index (χ3n) is 3.20. The van der Waals surface area contributed by atoms with Gasteiger partial charge >= 0.3 is 6.36 Å². The summed E-state index contributed by atoms with van der Waals surface area (Å²) >= 11 is 0. The van der Waals surface area contributed by atoms with E-state index in [1.165, 1.54) is 24.3 Å². The number of amides is 1. The summed E-state index contributed by atoms with van der Waals surface area (Å²) in [5.74, 6) is -0.411. The van der Waals surface area contributed by atoms with Gasteiger partial charge in [0.25, 0.3) is 5.91 Å². The van der Waals surface area contributed by atoms with Crippen molar-refractivity contribution in [2.45, 2.75) is 13.3 Å². The number of aromatic amines is 1. The van der Waals surface area contributed by atoms with E-state index in [1.54, 1.807) is 25.1 Å². The Balaban J connectivity index is 1.83. The quantitative estimate of drug-likeness (QED) is 0.760. The minimum absolute atomic E-state index is 0.206. The maximum atomic E-state index is 12.2. The second-order valence-electron chi connectivity index (χ2n) is 5.10. The van der Waals surface area contributed by atoms with Crippen LogP contribution in [-0.2, 0) is 0 Å². The van der Waals surface area contributed by atoms with Crippen LogP contribution >= 0.6 is 0 Å². The second kappa shape index (κ2) is 5.88. The fourth-order valence-electron chi connectivity index (χ4n) is 2.22. The molecule has 2 aromatic heterocycles. The number of ether oxygens (including phenoxy) is 1. The normalized spacial score (nSPS) is 11.5. The number of aryl methyl sites for hydroxylation is 1. The summed E-state index contributed by atoms with van der Waals surface area (Å²) in [6.07, 6.45) is -4.77. The lowest BCUT2D eigenvalue weighted by molar-refractivity contribution is -0.274. The predicted molar refractivity (Wildman–Crippen MR) is 81.9 cm³/mol. The summed E-state index contributed by atoms with van der Waals surface area (Å²) in [7, 11) is 0. The van der Waals surface area contributed by atoms with Gasteiger partial charge in [0, 0.05) is 22.7 Å². The van der Waals surface area contributed by atoms with Crippen molar-refractivity contribution in [3.63, 3.8) is 0 Å². The van der Waals surface area contributed by atoms with Crippen LogP contribution in [0.15, 0.2) is 42.5 Å². The summed E-state index contributed by atoms with van der Waals surface area (Å²) in [4.78, 5) is 19.1. The van der Waals surface area contributed by atoms with Gasteiger partial charge in [-0.2, -0.15) is 0 Å². The molecule has 24 heavy (non-hydrogen) atoms. The highest BCUT2D eigenvalue weighted by atomic mass is 19.4. The van der Waals surface area contributed by atoms with Crippen molar-refractivity contribution >= 4 is 22.6 Å². The molecule has 1 amide bonds. The number of alkyl halides is 3. The largest absolute Gasteiger partial charge is 0.573 e. The van der Waals surface area contributed by atoms with Gasteiger partial charge in [-0.1, -0.05) is 6.07 Å². The monoisotopic (exact) mass is 335 g/mol. The van der Waals surface area contributed by atoms with Crippen LogP contribution in [0.1, 0.15) is 16.2 Å². The number of H-pyrrole nitrogens is 1. The Labute approximate surface area is 134 Å². The molecule has 1 aromatic carbocycles. The molecule has 0 aliphatic carbocycles. The van der Waals surface area contributed by atoms with Crippen LogP contribution in [0, 0.1) is 6.92 Å². The molecule has 8 heteroatoms. The maximum absolute atomic E-state index is 12.2. The summed E-state index contributed by atoms with van der Waals surface area (Å²) < 4.78 is 40.6. The van der Waals surface area contributed by atoms with E-state index in [9.17, 15) is 18.0 Å². The Hall–Kier alpha value is -3.03. The van der Waals surface area contributed by atoms with Crippen LogP contribution in [0.3, 0.4) is 0 Å². The number of nitrogens with zero attached hydrogens (tertiary/aromatic N) is 1. The van der Waals surface area contributed by atoms with E-state index in [2.05, 4.69) is 20.0 Å². The zero-order valence-electron chi connectivity index (χ0n) is 12.4. The third kappa shape index (κ3) is 3.65. The molecule has 0 aliphatic heterocycles. The molecule has 2 heterocycles. The number of hydrogen-bond donors (Lipinski definition) is 2. The highest BCUT2D eigenvalue weighted by Crippen LogP contribution is 2.26. The Morgan fingerprint density at radius 3 is 2.71 bits per heavy atom. The van der Waals surface area contributed by atoms with Crippen molar-refractivity contribution in [3.05, 3.63) is 53.9 Å². The van der Waals surface area contributed by atoms with Crippen molar-refractivity contribution in [2.24, 2.45) is 0 Å². The Bertz CT molecular complexity index is 903. The van der Waals surface area contributed by atoms with Gasteiger partial charge < -0.3 is 15.0 Å². The molecule has 2 N–H and O–H groups in total. The number of hydrogen-bond acceptors (Lipinski definition) is 3. The Morgan fingerprint density at radius 2 is 2.00 bits per heavy atom. The van der Waals surface area contributed by atoms with Crippen LogP contribution in [0.25, 0.3) is 10.9 Å². The topological polar surface area (TPSA) is 67.0 Å². The van der Waals surface area contributed by atoms with Gasteiger partial charge in [-0.25, -0.2) is 4.98 Å². The van der Waals surface area contributed by atoms with Crippen molar-refractivity contribution in [1.29, 1.82) is 0 Å². The van der Waals surface area contributed by atoms with Crippen LogP contribution < -0.4 is 10.1 Å². The number of halogens is 3. The molecular weight excluding hydrogens is 323 g/mol. The number of aromatic nitrogens is 2. The SMILES string of the molecule is Cc1cccc(NC(=O)c2cc3ccc(OC(F)(F)F)cc3[nH]2)n1. The third-order valence-corrected chi connectivity index (χ3v) is 3.20. The van der Waals surface area contributed by atoms with Gasteiger partial charge in [-0.05, 0) is 37.3 Å². The van der Waals surface area contributed by atoms with Crippen molar-refractivity contribution in [3.8, 4) is 5.75 Å². The van der Waals surface area contributed by atoms with E-state index in [1.807, 2.05) is 0 Å². The summed E-state index contributed by atoms with van der Waals surface area (Å²) in [6.45, 7) is 1.79. The lowest BCUT2D eigenvalue weighted by Crippen LogP contribution is -2.16. The van der Waals surface area contributed by atoms with E-state index < -0.39 is 12.3 Å². The summed E-state index contributed by atoms with van der Waals surface area (Å²) in [5.41, 5.74) is 1.31. The minimum atomic E-state index is -4.77. The van der Waals surface area contributed by atoms with Gasteiger partial charge in [-0.15, -0.1) is 13.2 Å². The molecule has 0 bridgehead atoms. The lowest BCUT2D eigenvalue weighted by atomic mass is 10.2. The van der Waals surface area contributed by atoms with E-state index >= 15 is 0 Å².